The molecular weight excluding hydrogens is 454 g/mol. The van der Waals surface area contributed by atoms with Crippen molar-refractivity contribution in [3.63, 3.8) is 0 Å². The van der Waals surface area contributed by atoms with Crippen LogP contribution in [0.1, 0.15) is 32.2 Å². The van der Waals surface area contributed by atoms with Gasteiger partial charge in [-0.1, -0.05) is 23.9 Å². The van der Waals surface area contributed by atoms with Crippen molar-refractivity contribution in [1.29, 1.82) is 0 Å². The molecule has 29 heavy (non-hydrogen) atoms. The molecule has 7 nitrogen and oxygen atoms in total. The first-order valence-electron chi connectivity index (χ1n) is 9.61. The lowest BCUT2D eigenvalue weighted by Crippen LogP contribution is -2.40. The Kier molecular flexibility index (Phi) is 5.80. The van der Waals surface area contributed by atoms with Crippen molar-refractivity contribution in [1.82, 2.24) is 24.4 Å². The lowest BCUT2D eigenvalue weighted by atomic mass is 10.0. The van der Waals surface area contributed by atoms with Gasteiger partial charge in [0.1, 0.15) is 5.65 Å². The molecule has 3 aromatic heterocycles. The normalized spacial score (nSPS) is 16.7. The van der Waals surface area contributed by atoms with Gasteiger partial charge in [0.15, 0.2) is 0 Å². The fraction of sp³-hybridized carbons (Fsp3) is 0.400. The topological polar surface area (TPSA) is 86.8 Å². The smallest absolute Gasteiger partial charge is 0.329 e. The molecule has 0 aliphatic carbocycles. The van der Waals surface area contributed by atoms with Crippen LogP contribution < -0.4 is 11.2 Å². The molecule has 0 saturated carbocycles. The summed E-state index contributed by atoms with van der Waals surface area (Å²) in [5.41, 5.74) is 1.90. The van der Waals surface area contributed by atoms with Crippen LogP contribution in [0.3, 0.4) is 0 Å². The molecule has 0 radical (unpaired) electrons. The highest BCUT2D eigenvalue weighted by Gasteiger charge is 2.24. The van der Waals surface area contributed by atoms with Crippen LogP contribution in [-0.4, -0.2) is 47.8 Å². The summed E-state index contributed by atoms with van der Waals surface area (Å²) in [7, 11) is 0. The molecule has 2 N–H and O–H groups in total. The predicted octanol–water partition coefficient (Wildman–Crippen LogP) is 3.26. The highest BCUT2D eigenvalue weighted by Crippen LogP contribution is 2.27. The summed E-state index contributed by atoms with van der Waals surface area (Å²) in [6, 6.07) is 1.91. The number of aromatic nitrogens is 4. The minimum Gasteiger partial charge on any atom is -0.346 e. The molecule has 1 aliphatic rings. The molecule has 0 bridgehead atoms. The summed E-state index contributed by atoms with van der Waals surface area (Å²) in [5, 5.41) is 1.25. The van der Waals surface area contributed by atoms with E-state index in [1.165, 1.54) is 5.57 Å². The SMILES string of the molecule is C/C(=C\CC(=S)Br)CN1CCC(n2c(=O)[nH]c(=O)c3cnc4[nH]ccc4c32)CC1. The number of nitrogens with zero attached hydrogens (tertiary/aromatic N) is 3. The summed E-state index contributed by atoms with van der Waals surface area (Å²) >= 11 is 8.39. The summed E-state index contributed by atoms with van der Waals surface area (Å²) in [6.45, 7) is 4.80. The Morgan fingerprint density at radius 3 is 2.83 bits per heavy atom. The van der Waals surface area contributed by atoms with Gasteiger partial charge in [-0.15, -0.1) is 0 Å². The standard InChI is InChI=1S/C20H22BrN5O2S/c1-12(2-3-16(21)29)11-25-8-5-13(6-9-25)26-17-14-4-7-22-18(14)23-10-15(17)19(27)24-20(26)28/h2,4,7,10,13H,3,5-6,8-9,11H2,1H3,(H,22,23)(H,24,27,28)/b12-2+. The first-order chi connectivity index (χ1) is 13.9. The Balaban J connectivity index is 1.61. The number of halogens is 1. The van der Waals surface area contributed by atoms with Crippen molar-refractivity contribution in [2.75, 3.05) is 19.6 Å². The van der Waals surface area contributed by atoms with E-state index < -0.39 is 0 Å². The quantitative estimate of drug-likeness (QED) is 0.336. The summed E-state index contributed by atoms with van der Waals surface area (Å²) in [6.07, 6.45) is 7.93. The number of allylic oxidation sites excluding steroid dienone is 1. The van der Waals surface area contributed by atoms with E-state index in [0.717, 1.165) is 48.1 Å². The van der Waals surface area contributed by atoms with Crippen LogP contribution in [0.4, 0.5) is 0 Å². The van der Waals surface area contributed by atoms with Crippen LogP contribution in [0.2, 0.25) is 0 Å². The zero-order valence-corrected chi connectivity index (χ0v) is 18.5. The molecule has 4 rings (SSSR count). The number of piperidine rings is 1. The number of hydrogen-bond donors (Lipinski definition) is 2. The van der Waals surface area contributed by atoms with E-state index in [0.29, 0.717) is 16.6 Å². The zero-order valence-electron chi connectivity index (χ0n) is 16.1. The third-order valence-electron chi connectivity index (χ3n) is 5.49. The van der Waals surface area contributed by atoms with Gasteiger partial charge in [0.2, 0.25) is 0 Å². The van der Waals surface area contributed by atoms with Gasteiger partial charge < -0.3 is 4.98 Å². The maximum atomic E-state index is 12.8. The molecule has 0 unspecified atom stereocenters. The molecular formula is C20H22BrN5O2S. The number of pyridine rings is 1. The fourth-order valence-corrected chi connectivity index (χ4v) is 4.35. The molecule has 0 spiro atoms. The minimum atomic E-state index is -0.389. The Labute approximate surface area is 181 Å². The Hall–Kier alpha value is -2.10. The van der Waals surface area contributed by atoms with Crippen LogP contribution in [0.5, 0.6) is 0 Å². The van der Waals surface area contributed by atoms with Crippen LogP contribution in [0.25, 0.3) is 21.9 Å². The predicted molar refractivity (Wildman–Crippen MR) is 123 cm³/mol. The monoisotopic (exact) mass is 475 g/mol. The summed E-state index contributed by atoms with van der Waals surface area (Å²) in [5.74, 6) is 0. The minimum absolute atomic E-state index is 0.0398. The number of likely N-dealkylation sites (tertiary alicyclic amines) is 1. The van der Waals surface area contributed by atoms with Crippen LogP contribution in [-0.2, 0) is 0 Å². The van der Waals surface area contributed by atoms with Crippen molar-refractivity contribution in [3.8, 4) is 0 Å². The second-order valence-electron chi connectivity index (χ2n) is 7.51. The molecule has 1 aliphatic heterocycles. The summed E-state index contributed by atoms with van der Waals surface area (Å²) < 4.78 is 2.57. The van der Waals surface area contributed by atoms with Gasteiger partial charge in [-0.2, -0.15) is 0 Å². The van der Waals surface area contributed by atoms with Crippen LogP contribution in [0.15, 0.2) is 39.7 Å². The number of rotatable bonds is 5. The molecule has 1 fully saturated rings. The second-order valence-corrected chi connectivity index (χ2v) is 9.48. The van der Waals surface area contributed by atoms with Gasteiger partial charge in [-0.3, -0.25) is 19.2 Å². The first-order valence-corrected chi connectivity index (χ1v) is 10.8. The maximum Gasteiger partial charge on any atom is 0.329 e. The van der Waals surface area contributed by atoms with E-state index in [2.05, 4.69) is 48.8 Å². The largest absolute Gasteiger partial charge is 0.346 e. The number of H-pyrrole nitrogens is 2. The Morgan fingerprint density at radius 2 is 2.10 bits per heavy atom. The molecule has 152 valence electrons. The van der Waals surface area contributed by atoms with Crippen molar-refractivity contribution in [3.05, 3.63) is 50.9 Å². The average molecular weight is 476 g/mol. The second kappa shape index (κ2) is 8.33. The average Bonchev–Trinajstić information content (AvgIpc) is 3.16. The van der Waals surface area contributed by atoms with E-state index in [-0.39, 0.29) is 17.3 Å². The zero-order chi connectivity index (χ0) is 20.5. The lowest BCUT2D eigenvalue weighted by Gasteiger charge is -2.33. The van der Waals surface area contributed by atoms with Gasteiger partial charge in [-0.05, 0) is 41.8 Å². The van der Waals surface area contributed by atoms with Crippen molar-refractivity contribution < 1.29 is 0 Å². The van der Waals surface area contributed by atoms with E-state index in [1.807, 2.05) is 6.07 Å². The molecule has 1 saturated heterocycles. The molecule has 9 heteroatoms. The Morgan fingerprint density at radius 1 is 1.34 bits per heavy atom. The van der Waals surface area contributed by atoms with E-state index in [9.17, 15) is 9.59 Å². The third-order valence-corrected chi connectivity index (χ3v) is 5.98. The highest BCUT2D eigenvalue weighted by atomic mass is 79.9. The first kappa shape index (κ1) is 20.2. The number of hydrogen-bond acceptors (Lipinski definition) is 5. The van der Waals surface area contributed by atoms with Crippen molar-refractivity contribution in [2.45, 2.75) is 32.2 Å². The van der Waals surface area contributed by atoms with E-state index >= 15 is 0 Å². The number of thiocarbonyl (C=S) groups is 1. The van der Waals surface area contributed by atoms with E-state index in [1.54, 1.807) is 17.0 Å². The van der Waals surface area contributed by atoms with Crippen LogP contribution in [0, 0.1) is 0 Å². The molecule has 4 heterocycles. The fourth-order valence-electron chi connectivity index (χ4n) is 4.10. The third kappa shape index (κ3) is 4.12. The van der Waals surface area contributed by atoms with Gasteiger partial charge in [-0.25, -0.2) is 9.78 Å². The molecule has 0 atom stereocenters. The van der Waals surface area contributed by atoms with Crippen LogP contribution >= 0.6 is 28.1 Å². The van der Waals surface area contributed by atoms with Crippen molar-refractivity contribution >= 4 is 53.9 Å². The lowest BCUT2D eigenvalue weighted by molar-refractivity contribution is 0.199. The summed E-state index contributed by atoms with van der Waals surface area (Å²) in [4.78, 5) is 37.3. The number of fused-ring (bicyclic) bond motifs is 3. The number of nitrogens with one attached hydrogen (secondary N) is 2. The van der Waals surface area contributed by atoms with Gasteiger partial charge in [0, 0.05) is 49.9 Å². The Bertz CT molecular complexity index is 1220. The van der Waals surface area contributed by atoms with Gasteiger partial charge in [0.05, 0.1) is 14.7 Å². The van der Waals surface area contributed by atoms with Gasteiger partial charge >= 0.3 is 5.69 Å². The van der Waals surface area contributed by atoms with E-state index in [4.69, 9.17) is 12.2 Å². The number of aromatic amines is 2. The van der Waals surface area contributed by atoms with Gasteiger partial charge in [0.25, 0.3) is 5.56 Å². The highest BCUT2D eigenvalue weighted by molar-refractivity contribution is 9.20. The maximum absolute atomic E-state index is 12.8. The van der Waals surface area contributed by atoms with Crippen molar-refractivity contribution in [2.24, 2.45) is 0 Å². The molecule has 3 aromatic rings. The molecule has 0 amide bonds. The molecule has 0 aromatic carbocycles.